The van der Waals surface area contributed by atoms with E-state index in [1.165, 1.54) is 5.56 Å². The minimum absolute atomic E-state index is 0.123. The Hall–Kier alpha value is -1.81. The summed E-state index contributed by atoms with van der Waals surface area (Å²) in [5, 5.41) is 0. The zero-order valence-corrected chi connectivity index (χ0v) is 11.1. The van der Waals surface area contributed by atoms with E-state index in [0.717, 1.165) is 36.3 Å². The molecule has 0 saturated heterocycles. The minimum Gasteiger partial charge on any atom is -0.322 e. The third-order valence-electron chi connectivity index (χ3n) is 3.81. The summed E-state index contributed by atoms with van der Waals surface area (Å²) >= 11 is 0. The van der Waals surface area contributed by atoms with Crippen molar-refractivity contribution in [3.05, 3.63) is 53.4 Å². The molecule has 2 N–H and O–H groups in total. The van der Waals surface area contributed by atoms with E-state index in [1.54, 1.807) is 12.4 Å². The van der Waals surface area contributed by atoms with Crippen LogP contribution in [0.1, 0.15) is 47.4 Å². The van der Waals surface area contributed by atoms with Gasteiger partial charge in [0.25, 0.3) is 0 Å². The Balaban J connectivity index is 1.92. The van der Waals surface area contributed by atoms with E-state index in [0.29, 0.717) is 0 Å². The molecule has 1 aliphatic rings. The lowest BCUT2D eigenvalue weighted by Crippen LogP contribution is -2.25. The van der Waals surface area contributed by atoms with Crippen molar-refractivity contribution in [2.45, 2.75) is 38.1 Å². The molecule has 0 fully saturated rings. The molecule has 1 aliphatic carbocycles. The first kappa shape index (κ1) is 12.2. The molecule has 19 heavy (non-hydrogen) atoms. The van der Waals surface area contributed by atoms with Gasteiger partial charge in [-0.2, -0.15) is 0 Å². The maximum atomic E-state index is 6.39. The van der Waals surface area contributed by atoms with Gasteiger partial charge >= 0.3 is 0 Å². The number of nitrogens with two attached hydrogens (primary N) is 1. The monoisotopic (exact) mass is 254 g/mol. The van der Waals surface area contributed by atoms with Gasteiger partial charge in [0.15, 0.2) is 0 Å². The van der Waals surface area contributed by atoms with Gasteiger partial charge in [-0.1, -0.05) is 6.07 Å². The Morgan fingerprint density at radius 2 is 2.16 bits per heavy atom. The van der Waals surface area contributed by atoms with Crippen molar-refractivity contribution in [2.24, 2.45) is 5.73 Å². The molecular formula is C15H18N4. The molecule has 3 rings (SSSR count). The van der Waals surface area contributed by atoms with E-state index in [-0.39, 0.29) is 12.0 Å². The average Bonchev–Trinajstić information content (AvgIpc) is 2.47. The summed E-state index contributed by atoms with van der Waals surface area (Å²) in [5.74, 6) is 0.252. The van der Waals surface area contributed by atoms with Crippen LogP contribution in [0.25, 0.3) is 0 Å². The fourth-order valence-corrected chi connectivity index (χ4v) is 2.78. The van der Waals surface area contributed by atoms with Crippen LogP contribution in [0, 0.1) is 6.92 Å². The molecule has 2 heterocycles. The van der Waals surface area contributed by atoms with Crippen molar-refractivity contribution in [1.82, 2.24) is 15.0 Å². The number of nitrogens with zero attached hydrogens (tertiary/aromatic N) is 3. The summed E-state index contributed by atoms with van der Waals surface area (Å²) < 4.78 is 0. The van der Waals surface area contributed by atoms with E-state index in [1.807, 2.05) is 19.2 Å². The first-order valence-electron chi connectivity index (χ1n) is 6.73. The molecule has 2 atom stereocenters. The van der Waals surface area contributed by atoms with Crippen molar-refractivity contribution in [1.29, 1.82) is 0 Å². The molecule has 0 bridgehead atoms. The highest BCUT2D eigenvalue weighted by Gasteiger charge is 2.28. The third kappa shape index (κ3) is 2.36. The zero-order chi connectivity index (χ0) is 13.2. The first-order chi connectivity index (χ1) is 9.25. The Kier molecular flexibility index (Phi) is 3.25. The topological polar surface area (TPSA) is 64.7 Å². The van der Waals surface area contributed by atoms with E-state index < -0.39 is 0 Å². The summed E-state index contributed by atoms with van der Waals surface area (Å²) in [4.78, 5) is 13.2. The van der Waals surface area contributed by atoms with Crippen molar-refractivity contribution in [3.63, 3.8) is 0 Å². The number of aryl methyl sites for hydroxylation is 2. The molecule has 2 aromatic rings. The van der Waals surface area contributed by atoms with Gasteiger partial charge in [0, 0.05) is 24.0 Å². The van der Waals surface area contributed by atoms with Gasteiger partial charge in [-0.15, -0.1) is 0 Å². The van der Waals surface area contributed by atoms with Crippen molar-refractivity contribution in [2.75, 3.05) is 0 Å². The molecule has 0 spiro atoms. The second-order valence-electron chi connectivity index (χ2n) is 5.15. The fraction of sp³-hybridized carbons (Fsp3) is 0.400. The largest absolute Gasteiger partial charge is 0.322 e. The van der Waals surface area contributed by atoms with Crippen molar-refractivity contribution < 1.29 is 0 Å². The van der Waals surface area contributed by atoms with Crippen LogP contribution in [0.15, 0.2) is 30.7 Å². The Labute approximate surface area is 113 Å². The van der Waals surface area contributed by atoms with Crippen LogP contribution >= 0.6 is 0 Å². The highest BCUT2D eigenvalue weighted by molar-refractivity contribution is 5.29. The Bertz CT molecular complexity index is 565. The average molecular weight is 254 g/mol. The van der Waals surface area contributed by atoms with E-state index in [2.05, 4.69) is 21.0 Å². The van der Waals surface area contributed by atoms with Gasteiger partial charge in [0.1, 0.15) is 0 Å². The number of aromatic nitrogens is 3. The number of pyridine rings is 1. The predicted molar refractivity (Wildman–Crippen MR) is 73.6 cm³/mol. The predicted octanol–water partition coefficient (Wildman–Crippen LogP) is 2.30. The third-order valence-corrected chi connectivity index (χ3v) is 3.81. The van der Waals surface area contributed by atoms with Crippen LogP contribution in [-0.4, -0.2) is 15.0 Å². The van der Waals surface area contributed by atoms with Gasteiger partial charge in [0.05, 0.1) is 23.6 Å². The lowest BCUT2D eigenvalue weighted by atomic mass is 9.81. The van der Waals surface area contributed by atoms with Crippen LogP contribution in [0.5, 0.6) is 0 Å². The fourth-order valence-electron chi connectivity index (χ4n) is 2.78. The smallest absolute Gasteiger partial charge is 0.0760 e. The van der Waals surface area contributed by atoms with Gasteiger partial charge in [-0.3, -0.25) is 15.0 Å². The molecule has 0 aliphatic heterocycles. The van der Waals surface area contributed by atoms with Crippen LogP contribution in [0.4, 0.5) is 0 Å². The molecule has 0 aromatic carbocycles. The molecule has 2 unspecified atom stereocenters. The highest BCUT2D eigenvalue weighted by Crippen LogP contribution is 2.36. The summed E-state index contributed by atoms with van der Waals surface area (Å²) in [6.07, 6.45) is 8.75. The van der Waals surface area contributed by atoms with Crippen LogP contribution < -0.4 is 5.73 Å². The van der Waals surface area contributed by atoms with Gasteiger partial charge < -0.3 is 5.73 Å². The number of hydrogen-bond donors (Lipinski definition) is 1. The summed E-state index contributed by atoms with van der Waals surface area (Å²) in [7, 11) is 0. The molecular weight excluding hydrogens is 236 g/mol. The zero-order valence-electron chi connectivity index (χ0n) is 11.1. The normalized spacial score (nSPS) is 19.8. The molecule has 2 aromatic heterocycles. The van der Waals surface area contributed by atoms with E-state index >= 15 is 0 Å². The Morgan fingerprint density at radius 1 is 1.26 bits per heavy atom. The highest BCUT2D eigenvalue weighted by atomic mass is 14.8. The van der Waals surface area contributed by atoms with Crippen molar-refractivity contribution in [3.8, 4) is 0 Å². The number of rotatable bonds is 2. The molecule has 4 heteroatoms. The van der Waals surface area contributed by atoms with Crippen molar-refractivity contribution >= 4 is 0 Å². The van der Waals surface area contributed by atoms with Crippen LogP contribution in [0.2, 0.25) is 0 Å². The van der Waals surface area contributed by atoms with Gasteiger partial charge in [-0.25, -0.2) is 0 Å². The first-order valence-corrected chi connectivity index (χ1v) is 6.73. The molecule has 98 valence electrons. The Morgan fingerprint density at radius 3 is 2.95 bits per heavy atom. The lowest BCUT2D eigenvalue weighted by molar-refractivity contribution is 0.455. The summed E-state index contributed by atoms with van der Waals surface area (Å²) in [6, 6.07) is 4.03. The van der Waals surface area contributed by atoms with Crippen LogP contribution in [0.3, 0.4) is 0 Å². The summed E-state index contributed by atoms with van der Waals surface area (Å²) in [6.45, 7) is 1.93. The number of fused-ring (bicyclic) bond motifs is 1. The van der Waals surface area contributed by atoms with E-state index in [9.17, 15) is 0 Å². The molecule has 4 nitrogen and oxygen atoms in total. The number of hydrogen-bond acceptors (Lipinski definition) is 4. The maximum Gasteiger partial charge on any atom is 0.0760 e. The van der Waals surface area contributed by atoms with E-state index in [4.69, 9.17) is 5.73 Å². The lowest BCUT2D eigenvalue weighted by Gasteiger charge is -2.28. The van der Waals surface area contributed by atoms with Crippen LogP contribution in [-0.2, 0) is 6.42 Å². The second-order valence-corrected chi connectivity index (χ2v) is 5.15. The van der Waals surface area contributed by atoms with Gasteiger partial charge in [0.2, 0.25) is 0 Å². The second kappa shape index (κ2) is 5.05. The maximum absolute atomic E-state index is 6.39. The van der Waals surface area contributed by atoms with Gasteiger partial charge in [-0.05, 0) is 37.8 Å². The summed E-state index contributed by atoms with van der Waals surface area (Å²) in [5.41, 5.74) is 10.6. The molecule has 0 radical (unpaired) electrons. The minimum atomic E-state index is -0.123. The standard InChI is InChI=1S/C15H18N4/c1-10-8-19-13(9-18-10)14(16)12-6-2-4-11-5-3-7-17-15(11)12/h3,5,7-9,12,14H,2,4,6,16H2,1H3. The SMILES string of the molecule is Cc1cnc(C(N)C2CCCc3cccnc32)cn1. The molecule has 0 saturated carbocycles. The molecule has 0 amide bonds. The quantitative estimate of drug-likeness (QED) is 0.893.